The van der Waals surface area contributed by atoms with Gasteiger partial charge in [0, 0.05) is 25.8 Å². The summed E-state index contributed by atoms with van der Waals surface area (Å²) < 4.78 is 13.2. The minimum absolute atomic E-state index is 0.0244. The molecule has 1 aromatic carbocycles. The number of rotatable bonds is 6. The lowest BCUT2D eigenvalue weighted by atomic mass is 10.1. The molecule has 1 atom stereocenters. The molecular weight excluding hydrogens is 344 g/mol. The molecule has 0 unspecified atom stereocenters. The summed E-state index contributed by atoms with van der Waals surface area (Å²) in [4.78, 5) is 14.3. The maximum Gasteiger partial charge on any atom is 0.234 e. The molecule has 2 aliphatic heterocycles. The number of morpholine rings is 1. The molecule has 0 bridgehead atoms. The summed E-state index contributed by atoms with van der Waals surface area (Å²) in [5.74, 6) is 0.0244. The highest BCUT2D eigenvalue weighted by atomic mass is 16.5. The molecule has 0 spiro atoms. The molecule has 3 heterocycles. The molecule has 144 valence electrons. The smallest absolute Gasteiger partial charge is 0.234 e. The standard InChI is InChI=1S/C20H26N4O3/c25-19(15-23-7-10-26-11-8-23)21-12-18-20-17(6-9-27-18)14-24(22-20)13-16-4-2-1-3-5-16/h1-5,14,18H,6-13,15H2,(H,21,25)/t18-/m0/s1. The van der Waals surface area contributed by atoms with Gasteiger partial charge in [-0.15, -0.1) is 0 Å². The van der Waals surface area contributed by atoms with Crippen molar-refractivity contribution < 1.29 is 14.3 Å². The summed E-state index contributed by atoms with van der Waals surface area (Å²) >= 11 is 0. The molecule has 1 fully saturated rings. The summed E-state index contributed by atoms with van der Waals surface area (Å²) in [6.45, 7) is 5.27. The Hall–Kier alpha value is -2.22. The highest BCUT2D eigenvalue weighted by Gasteiger charge is 2.25. The van der Waals surface area contributed by atoms with Crippen LogP contribution in [0.15, 0.2) is 36.5 Å². The number of carbonyl (C=O) groups is 1. The molecule has 1 amide bonds. The van der Waals surface area contributed by atoms with Crippen LogP contribution in [0.25, 0.3) is 0 Å². The van der Waals surface area contributed by atoms with Crippen LogP contribution in [0.4, 0.5) is 0 Å². The number of ether oxygens (including phenoxy) is 2. The predicted molar refractivity (Wildman–Crippen MR) is 100 cm³/mol. The van der Waals surface area contributed by atoms with E-state index in [-0.39, 0.29) is 12.0 Å². The van der Waals surface area contributed by atoms with E-state index in [1.165, 1.54) is 11.1 Å². The van der Waals surface area contributed by atoms with Crippen molar-refractivity contribution in [2.45, 2.75) is 19.1 Å². The number of amides is 1. The fraction of sp³-hybridized carbons (Fsp3) is 0.500. The summed E-state index contributed by atoms with van der Waals surface area (Å²) in [5, 5.41) is 7.74. The second-order valence-electron chi connectivity index (χ2n) is 7.02. The van der Waals surface area contributed by atoms with Crippen molar-refractivity contribution in [3.05, 3.63) is 53.3 Å². The number of benzene rings is 1. The van der Waals surface area contributed by atoms with Gasteiger partial charge in [0.15, 0.2) is 0 Å². The Balaban J connectivity index is 1.34. The molecule has 0 radical (unpaired) electrons. The van der Waals surface area contributed by atoms with Crippen LogP contribution in [-0.2, 0) is 27.2 Å². The molecule has 0 saturated carbocycles. The maximum atomic E-state index is 12.2. The Morgan fingerprint density at radius 2 is 2.00 bits per heavy atom. The number of aromatic nitrogens is 2. The van der Waals surface area contributed by atoms with Crippen molar-refractivity contribution in [3.63, 3.8) is 0 Å². The third-order valence-corrected chi connectivity index (χ3v) is 5.01. The highest BCUT2D eigenvalue weighted by Crippen LogP contribution is 2.25. The normalized spacial score (nSPS) is 20.2. The van der Waals surface area contributed by atoms with Gasteiger partial charge in [-0.3, -0.25) is 14.4 Å². The van der Waals surface area contributed by atoms with E-state index in [0.29, 0.717) is 32.9 Å². The first-order valence-corrected chi connectivity index (χ1v) is 9.56. The maximum absolute atomic E-state index is 12.2. The second kappa shape index (κ2) is 8.65. The lowest BCUT2D eigenvalue weighted by Gasteiger charge is -2.26. The first kappa shape index (κ1) is 18.2. The third-order valence-electron chi connectivity index (χ3n) is 5.01. The average Bonchev–Trinajstić information content (AvgIpc) is 3.11. The summed E-state index contributed by atoms with van der Waals surface area (Å²) in [6, 6.07) is 10.3. The van der Waals surface area contributed by atoms with Gasteiger partial charge in [0.2, 0.25) is 5.91 Å². The molecule has 7 nitrogen and oxygen atoms in total. The molecule has 1 N–H and O–H groups in total. The van der Waals surface area contributed by atoms with Crippen LogP contribution in [0.3, 0.4) is 0 Å². The van der Waals surface area contributed by atoms with Gasteiger partial charge in [0.05, 0.1) is 38.6 Å². The second-order valence-corrected chi connectivity index (χ2v) is 7.02. The fourth-order valence-electron chi connectivity index (χ4n) is 3.56. The zero-order valence-electron chi connectivity index (χ0n) is 15.5. The molecule has 1 aromatic heterocycles. The van der Waals surface area contributed by atoms with Crippen molar-refractivity contribution in [2.75, 3.05) is 46.0 Å². The Bertz CT molecular complexity index is 756. The lowest BCUT2D eigenvalue weighted by Crippen LogP contribution is -2.44. The molecule has 2 aliphatic rings. The van der Waals surface area contributed by atoms with Gasteiger partial charge in [-0.2, -0.15) is 5.10 Å². The van der Waals surface area contributed by atoms with E-state index in [1.54, 1.807) is 0 Å². The Morgan fingerprint density at radius 3 is 2.81 bits per heavy atom. The van der Waals surface area contributed by atoms with Crippen molar-refractivity contribution >= 4 is 5.91 Å². The molecule has 1 saturated heterocycles. The Morgan fingerprint density at radius 1 is 1.19 bits per heavy atom. The van der Waals surface area contributed by atoms with Gasteiger partial charge in [0.1, 0.15) is 6.10 Å². The van der Waals surface area contributed by atoms with E-state index >= 15 is 0 Å². The van der Waals surface area contributed by atoms with Crippen LogP contribution in [0, 0.1) is 0 Å². The first-order chi connectivity index (χ1) is 13.3. The van der Waals surface area contributed by atoms with E-state index in [4.69, 9.17) is 14.6 Å². The van der Waals surface area contributed by atoms with E-state index < -0.39 is 0 Å². The largest absolute Gasteiger partial charge is 0.379 e. The summed E-state index contributed by atoms with van der Waals surface area (Å²) in [5.41, 5.74) is 3.38. The van der Waals surface area contributed by atoms with Gasteiger partial charge < -0.3 is 14.8 Å². The number of hydrogen-bond acceptors (Lipinski definition) is 5. The van der Waals surface area contributed by atoms with Crippen LogP contribution in [0.5, 0.6) is 0 Å². The number of hydrogen-bond donors (Lipinski definition) is 1. The highest BCUT2D eigenvalue weighted by molar-refractivity contribution is 5.78. The Labute approximate surface area is 159 Å². The van der Waals surface area contributed by atoms with Crippen LogP contribution >= 0.6 is 0 Å². The quantitative estimate of drug-likeness (QED) is 0.821. The van der Waals surface area contributed by atoms with E-state index in [0.717, 1.165) is 31.7 Å². The van der Waals surface area contributed by atoms with Gasteiger partial charge in [-0.25, -0.2) is 0 Å². The first-order valence-electron chi connectivity index (χ1n) is 9.56. The van der Waals surface area contributed by atoms with E-state index in [1.807, 2.05) is 22.9 Å². The topological polar surface area (TPSA) is 68.6 Å². The summed E-state index contributed by atoms with van der Waals surface area (Å²) in [7, 11) is 0. The van der Waals surface area contributed by atoms with E-state index in [2.05, 4.69) is 28.5 Å². The van der Waals surface area contributed by atoms with Crippen LogP contribution in [0.2, 0.25) is 0 Å². The van der Waals surface area contributed by atoms with Crippen LogP contribution in [0.1, 0.15) is 22.9 Å². The molecule has 7 heteroatoms. The van der Waals surface area contributed by atoms with Gasteiger partial charge in [-0.05, 0) is 17.5 Å². The van der Waals surface area contributed by atoms with Crippen LogP contribution < -0.4 is 5.32 Å². The van der Waals surface area contributed by atoms with Crippen LogP contribution in [-0.4, -0.2) is 66.6 Å². The van der Waals surface area contributed by atoms with Crippen molar-refractivity contribution in [2.24, 2.45) is 0 Å². The monoisotopic (exact) mass is 370 g/mol. The average molecular weight is 370 g/mol. The van der Waals surface area contributed by atoms with Crippen molar-refractivity contribution in [1.29, 1.82) is 0 Å². The zero-order valence-corrected chi connectivity index (χ0v) is 15.5. The van der Waals surface area contributed by atoms with E-state index in [9.17, 15) is 4.79 Å². The summed E-state index contributed by atoms with van der Waals surface area (Å²) in [6.07, 6.45) is 2.79. The number of carbonyl (C=O) groups excluding carboxylic acids is 1. The molecule has 2 aromatic rings. The predicted octanol–water partition coefficient (Wildman–Crippen LogP) is 0.994. The molecule has 0 aliphatic carbocycles. The van der Waals surface area contributed by atoms with Gasteiger partial charge in [-0.1, -0.05) is 30.3 Å². The number of fused-ring (bicyclic) bond motifs is 1. The fourth-order valence-corrected chi connectivity index (χ4v) is 3.56. The SMILES string of the molecule is O=C(CN1CCOCC1)NC[C@@H]1OCCc2cn(Cc3ccccc3)nc21. The lowest BCUT2D eigenvalue weighted by molar-refractivity contribution is -0.124. The molecular formula is C20H26N4O3. The van der Waals surface area contributed by atoms with Gasteiger partial charge >= 0.3 is 0 Å². The minimum Gasteiger partial charge on any atom is -0.379 e. The molecule has 27 heavy (non-hydrogen) atoms. The minimum atomic E-state index is -0.181. The van der Waals surface area contributed by atoms with Gasteiger partial charge in [0.25, 0.3) is 0 Å². The zero-order chi connectivity index (χ0) is 18.5. The van der Waals surface area contributed by atoms with Crippen molar-refractivity contribution in [1.82, 2.24) is 20.0 Å². The molecule has 4 rings (SSSR count). The third kappa shape index (κ3) is 4.74. The number of nitrogens with one attached hydrogen (secondary N) is 1. The van der Waals surface area contributed by atoms with Crippen molar-refractivity contribution in [3.8, 4) is 0 Å². The Kier molecular flexibility index (Phi) is 5.81. The number of nitrogens with zero attached hydrogens (tertiary/aromatic N) is 3.